The highest BCUT2D eigenvalue weighted by molar-refractivity contribution is 7.11. The number of halogens is 1. The predicted octanol–water partition coefficient (Wildman–Crippen LogP) is 6.38. The molecular weight excluding hydrogens is 374 g/mol. The van der Waals surface area contributed by atoms with Crippen molar-refractivity contribution in [3.8, 4) is 17.3 Å². The quantitative estimate of drug-likeness (QED) is 0.302. The fourth-order valence-corrected chi connectivity index (χ4v) is 3.87. The number of aryl methyl sites for hydroxylation is 1. The summed E-state index contributed by atoms with van der Waals surface area (Å²) in [6.45, 7) is 2.00. The number of allylic oxidation sites excluding steroid dienone is 1. The Morgan fingerprint density at radius 3 is 2.70 bits per heavy atom. The number of nitriles is 1. The average molecular weight is 388 g/mol. The van der Waals surface area contributed by atoms with Gasteiger partial charge in [-0.15, -0.1) is 11.3 Å². The monoisotopic (exact) mass is 387 g/mol. The molecule has 3 nitrogen and oxygen atoms in total. The lowest BCUT2D eigenvalue weighted by molar-refractivity contribution is 1.35. The molecule has 0 bridgehead atoms. The lowest BCUT2D eigenvalue weighted by Crippen LogP contribution is -1.89. The van der Waals surface area contributed by atoms with Crippen LogP contribution in [0.3, 0.4) is 0 Å². The molecule has 4 rings (SSSR count). The number of nitrogens with zero attached hydrogens (tertiary/aromatic N) is 3. The van der Waals surface area contributed by atoms with Gasteiger partial charge in [0.05, 0.1) is 16.8 Å². The van der Waals surface area contributed by atoms with Crippen LogP contribution in [-0.4, -0.2) is 9.97 Å². The first-order chi connectivity index (χ1) is 13.2. The van der Waals surface area contributed by atoms with E-state index in [0.717, 1.165) is 27.7 Å². The molecule has 4 aromatic rings. The smallest absolute Gasteiger partial charge is 0.137 e. The third-order valence-corrected chi connectivity index (χ3v) is 5.43. The minimum Gasteiger partial charge on any atom is -0.235 e. The second-order valence-corrected chi connectivity index (χ2v) is 7.30. The first-order valence-electron chi connectivity index (χ1n) is 8.34. The first kappa shape index (κ1) is 17.4. The standard InChI is InChI=1S/C22H14ClN3S/c1-14-6-5-9-16-10-17(21(23)26-20(14)16)11-18(12-24)22-25-19(13-27-22)15-7-3-2-4-8-15/h2-11,13H,1H3. The summed E-state index contributed by atoms with van der Waals surface area (Å²) < 4.78 is 0. The second-order valence-electron chi connectivity index (χ2n) is 6.09. The van der Waals surface area contributed by atoms with Crippen LogP contribution in [0, 0.1) is 18.3 Å². The number of fused-ring (bicyclic) bond motifs is 1. The van der Waals surface area contributed by atoms with Crippen LogP contribution in [0.4, 0.5) is 0 Å². The van der Waals surface area contributed by atoms with Crippen molar-refractivity contribution < 1.29 is 0 Å². The average Bonchev–Trinajstić information content (AvgIpc) is 3.18. The van der Waals surface area contributed by atoms with Gasteiger partial charge in [0.1, 0.15) is 16.2 Å². The SMILES string of the molecule is Cc1cccc2cc(C=C(C#N)c3nc(-c4ccccc4)cs3)c(Cl)nc12. The summed E-state index contributed by atoms with van der Waals surface area (Å²) in [5, 5.41) is 13.6. The van der Waals surface area contributed by atoms with E-state index >= 15 is 0 Å². The normalized spacial score (nSPS) is 11.5. The summed E-state index contributed by atoms with van der Waals surface area (Å²) in [5.74, 6) is 0. The largest absolute Gasteiger partial charge is 0.235 e. The molecule has 0 saturated heterocycles. The molecule has 0 amide bonds. The van der Waals surface area contributed by atoms with Gasteiger partial charge in [-0.1, -0.05) is 60.1 Å². The fraction of sp³-hybridized carbons (Fsp3) is 0.0455. The van der Waals surface area contributed by atoms with Crippen LogP contribution < -0.4 is 0 Å². The lowest BCUT2D eigenvalue weighted by Gasteiger charge is -2.05. The number of hydrogen-bond donors (Lipinski definition) is 0. The van der Waals surface area contributed by atoms with Crippen molar-refractivity contribution in [2.24, 2.45) is 0 Å². The number of hydrogen-bond acceptors (Lipinski definition) is 4. The molecule has 0 unspecified atom stereocenters. The highest BCUT2D eigenvalue weighted by Crippen LogP contribution is 2.30. The van der Waals surface area contributed by atoms with Gasteiger partial charge in [0, 0.05) is 21.9 Å². The predicted molar refractivity (Wildman–Crippen MR) is 113 cm³/mol. The molecule has 2 aromatic heterocycles. The van der Waals surface area contributed by atoms with Crippen LogP contribution in [0.5, 0.6) is 0 Å². The van der Waals surface area contributed by atoms with Gasteiger partial charge in [-0.05, 0) is 24.6 Å². The summed E-state index contributed by atoms with van der Waals surface area (Å²) in [6.07, 6.45) is 1.75. The Balaban J connectivity index is 1.76. The molecule has 0 saturated carbocycles. The zero-order chi connectivity index (χ0) is 18.8. The van der Waals surface area contributed by atoms with E-state index in [1.807, 2.05) is 66.9 Å². The molecule has 0 fully saturated rings. The van der Waals surface area contributed by atoms with E-state index in [-0.39, 0.29) is 0 Å². The molecule has 2 heterocycles. The maximum absolute atomic E-state index is 9.65. The van der Waals surface area contributed by atoms with E-state index in [4.69, 9.17) is 11.6 Å². The zero-order valence-corrected chi connectivity index (χ0v) is 16.1. The summed E-state index contributed by atoms with van der Waals surface area (Å²) in [5.41, 5.74) is 5.01. The van der Waals surface area contributed by atoms with E-state index in [0.29, 0.717) is 21.3 Å². The minimum atomic E-state index is 0.379. The third-order valence-electron chi connectivity index (χ3n) is 4.25. The third kappa shape index (κ3) is 3.48. The van der Waals surface area contributed by atoms with Crippen molar-refractivity contribution in [1.82, 2.24) is 9.97 Å². The van der Waals surface area contributed by atoms with Crippen molar-refractivity contribution in [2.45, 2.75) is 6.92 Å². The first-order valence-corrected chi connectivity index (χ1v) is 9.60. The molecule has 2 aromatic carbocycles. The van der Waals surface area contributed by atoms with Crippen LogP contribution in [0.2, 0.25) is 5.15 Å². The van der Waals surface area contributed by atoms with Gasteiger partial charge in [-0.25, -0.2) is 9.97 Å². The van der Waals surface area contributed by atoms with E-state index in [9.17, 15) is 5.26 Å². The van der Waals surface area contributed by atoms with Crippen LogP contribution >= 0.6 is 22.9 Å². The van der Waals surface area contributed by atoms with E-state index in [2.05, 4.69) is 16.0 Å². The van der Waals surface area contributed by atoms with Crippen LogP contribution in [-0.2, 0) is 0 Å². The number of benzene rings is 2. The van der Waals surface area contributed by atoms with Crippen molar-refractivity contribution in [1.29, 1.82) is 5.26 Å². The molecule has 0 aliphatic rings. The van der Waals surface area contributed by atoms with E-state index in [1.54, 1.807) is 6.08 Å². The molecule has 5 heteroatoms. The molecule has 0 spiro atoms. The number of rotatable bonds is 3. The maximum atomic E-state index is 9.65. The van der Waals surface area contributed by atoms with Crippen LogP contribution in [0.1, 0.15) is 16.1 Å². The Kier molecular flexibility index (Phi) is 4.72. The van der Waals surface area contributed by atoms with Gasteiger partial charge >= 0.3 is 0 Å². The molecule has 0 radical (unpaired) electrons. The minimum absolute atomic E-state index is 0.379. The van der Waals surface area contributed by atoms with Crippen molar-refractivity contribution in [2.75, 3.05) is 0 Å². The van der Waals surface area contributed by atoms with Gasteiger partial charge in [-0.3, -0.25) is 0 Å². The fourth-order valence-electron chi connectivity index (χ4n) is 2.88. The number of thiazole rings is 1. The summed E-state index contributed by atoms with van der Waals surface area (Å²) in [6, 6.07) is 20.1. The van der Waals surface area contributed by atoms with Crippen LogP contribution in [0.15, 0.2) is 60.0 Å². The van der Waals surface area contributed by atoms with Gasteiger partial charge < -0.3 is 0 Å². The molecule has 0 N–H and O–H groups in total. The molecule has 0 aliphatic carbocycles. The molecule has 27 heavy (non-hydrogen) atoms. The van der Waals surface area contributed by atoms with Gasteiger partial charge in [0.2, 0.25) is 0 Å². The topological polar surface area (TPSA) is 49.6 Å². The molecular formula is C22H14ClN3S. The Labute approximate surface area is 166 Å². The van der Waals surface area contributed by atoms with Gasteiger partial charge in [-0.2, -0.15) is 5.26 Å². The molecule has 130 valence electrons. The Morgan fingerprint density at radius 1 is 1.11 bits per heavy atom. The summed E-state index contributed by atoms with van der Waals surface area (Å²) in [4.78, 5) is 9.12. The van der Waals surface area contributed by atoms with Gasteiger partial charge in [0.15, 0.2) is 0 Å². The van der Waals surface area contributed by atoms with Crippen LogP contribution in [0.25, 0.3) is 33.8 Å². The summed E-state index contributed by atoms with van der Waals surface area (Å²) >= 11 is 7.83. The lowest BCUT2D eigenvalue weighted by atomic mass is 10.1. The van der Waals surface area contributed by atoms with Crippen molar-refractivity contribution in [3.05, 3.63) is 81.3 Å². The summed E-state index contributed by atoms with van der Waals surface area (Å²) in [7, 11) is 0. The van der Waals surface area contributed by atoms with E-state index < -0.39 is 0 Å². The second kappa shape index (κ2) is 7.32. The maximum Gasteiger partial charge on any atom is 0.137 e. The van der Waals surface area contributed by atoms with Gasteiger partial charge in [0.25, 0.3) is 0 Å². The highest BCUT2D eigenvalue weighted by atomic mass is 35.5. The zero-order valence-electron chi connectivity index (χ0n) is 14.5. The Morgan fingerprint density at radius 2 is 1.93 bits per heavy atom. The van der Waals surface area contributed by atoms with Crippen molar-refractivity contribution >= 4 is 45.5 Å². The van der Waals surface area contributed by atoms with E-state index in [1.165, 1.54) is 11.3 Å². The number of pyridine rings is 1. The molecule has 0 atom stereocenters. The molecule has 0 aliphatic heterocycles. The Hall–Kier alpha value is -3.00. The number of para-hydroxylation sites is 1. The van der Waals surface area contributed by atoms with Crippen molar-refractivity contribution in [3.63, 3.8) is 0 Å². The highest BCUT2D eigenvalue weighted by Gasteiger charge is 2.11. The Bertz CT molecular complexity index is 1200. The number of aromatic nitrogens is 2.